The molecule has 30 heavy (non-hydrogen) atoms. The van der Waals surface area contributed by atoms with Crippen LogP contribution in [0.2, 0.25) is 0 Å². The molecule has 2 aromatic heterocycles. The van der Waals surface area contributed by atoms with Gasteiger partial charge in [0.2, 0.25) is 0 Å². The van der Waals surface area contributed by atoms with Crippen LogP contribution < -0.4 is 5.43 Å². The van der Waals surface area contributed by atoms with E-state index >= 15 is 0 Å². The minimum absolute atomic E-state index is 0.282. The predicted molar refractivity (Wildman–Crippen MR) is 122 cm³/mol. The molecule has 0 spiro atoms. The van der Waals surface area contributed by atoms with Crippen molar-refractivity contribution < 1.29 is 9.53 Å². The summed E-state index contributed by atoms with van der Waals surface area (Å²) in [6.07, 6.45) is 3.29. The fraction of sp³-hybridized carbons (Fsp3) is 0.364. The number of anilines is 1. The Morgan fingerprint density at radius 2 is 2.00 bits per heavy atom. The molecule has 2 heterocycles. The van der Waals surface area contributed by atoms with Gasteiger partial charge in [0.25, 0.3) is 0 Å². The van der Waals surface area contributed by atoms with Crippen molar-refractivity contribution in [3.8, 4) is 0 Å². The van der Waals surface area contributed by atoms with Gasteiger partial charge < -0.3 is 9.64 Å². The van der Waals surface area contributed by atoms with Crippen LogP contribution in [0.4, 0.5) is 5.82 Å². The summed E-state index contributed by atoms with van der Waals surface area (Å²) < 4.78 is 5.22. The molecular formula is C22H27N5O2S. The Morgan fingerprint density at radius 1 is 1.27 bits per heavy atom. The number of hydrogen-bond acceptors (Lipinski definition) is 8. The monoisotopic (exact) mass is 425 g/mol. The summed E-state index contributed by atoms with van der Waals surface area (Å²) in [6.45, 7) is 6.72. The largest absolute Gasteiger partial charge is 0.465 e. The lowest BCUT2D eigenvalue weighted by Crippen LogP contribution is -2.24. The minimum Gasteiger partial charge on any atom is -0.465 e. The van der Waals surface area contributed by atoms with E-state index in [0.717, 1.165) is 27.2 Å². The van der Waals surface area contributed by atoms with E-state index in [1.54, 1.807) is 17.6 Å². The van der Waals surface area contributed by atoms with Gasteiger partial charge in [0.1, 0.15) is 17.8 Å². The first-order chi connectivity index (χ1) is 14.2. The van der Waals surface area contributed by atoms with E-state index in [4.69, 9.17) is 4.74 Å². The van der Waals surface area contributed by atoms with Gasteiger partial charge in [-0.05, 0) is 31.3 Å². The molecule has 0 fully saturated rings. The van der Waals surface area contributed by atoms with Gasteiger partial charge in [-0.2, -0.15) is 5.10 Å². The number of aromatic nitrogens is 2. The number of carbonyl (C=O) groups excluding carboxylic acids is 1. The third kappa shape index (κ3) is 5.61. The lowest BCUT2D eigenvalue weighted by atomic mass is 9.92. The predicted octanol–water partition coefficient (Wildman–Crippen LogP) is 4.04. The molecule has 0 amide bonds. The zero-order valence-corrected chi connectivity index (χ0v) is 18.8. The number of hydrogen-bond donors (Lipinski definition) is 1. The molecule has 1 aromatic carbocycles. The molecule has 0 atom stereocenters. The molecule has 3 rings (SSSR count). The van der Waals surface area contributed by atoms with Crippen molar-refractivity contribution in [2.75, 3.05) is 26.1 Å². The van der Waals surface area contributed by atoms with Gasteiger partial charge in [0.05, 0.1) is 11.6 Å². The average Bonchev–Trinajstić information content (AvgIpc) is 3.14. The second-order valence-corrected chi connectivity index (χ2v) is 9.10. The van der Waals surface area contributed by atoms with Gasteiger partial charge in [-0.1, -0.05) is 38.1 Å². The maximum absolute atomic E-state index is 11.2. The number of benzene rings is 1. The van der Waals surface area contributed by atoms with Crippen molar-refractivity contribution in [3.05, 3.63) is 52.7 Å². The van der Waals surface area contributed by atoms with Crippen molar-refractivity contribution in [1.29, 1.82) is 0 Å². The fourth-order valence-corrected chi connectivity index (χ4v) is 3.96. The number of carbonyl (C=O) groups is 1. The highest BCUT2D eigenvalue weighted by Gasteiger charge is 2.25. The first-order valence-electron chi connectivity index (χ1n) is 9.66. The lowest BCUT2D eigenvalue weighted by Gasteiger charge is -2.22. The second-order valence-electron chi connectivity index (χ2n) is 8.07. The number of ether oxygens (including phenoxy) is 1. The van der Waals surface area contributed by atoms with Gasteiger partial charge >= 0.3 is 5.97 Å². The number of fused-ring (bicyclic) bond motifs is 1. The number of thiophene rings is 1. The smallest absolute Gasteiger partial charge is 0.302 e. The SMILES string of the molecule is CC(=O)OCC(C)(C)c1cc2c(N/N=C/c3ccc(CN(C)C)cc3)ncnc2s1. The molecule has 0 saturated heterocycles. The summed E-state index contributed by atoms with van der Waals surface area (Å²) in [5.74, 6) is 0.363. The molecule has 0 saturated carbocycles. The fourth-order valence-electron chi connectivity index (χ4n) is 2.87. The van der Waals surface area contributed by atoms with Crippen LogP contribution in [0.25, 0.3) is 10.2 Å². The van der Waals surface area contributed by atoms with Crippen LogP contribution in [0.15, 0.2) is 41.8 Å². The first kappa shape index (κ1) is 21.9. The topological polar surface area (TPSA) is 79.7 Å². The Kier molecular flexibility index (Phi) is 6.79. The van der Waals surface area contributed by atoms with Crippen molar-refractivity contribution in [1.82, 2.24) is 14.9 Å². The zero-order chi connectivity index (χ0) is 21.7. The Bertz CT molecular complexity index is 1040. The van der Waals surface area contributed by atoms with Gasteiger partial charge in [-0.3, -0.25) is 10.2 Å². The van der Waals surface area contributed by atoms with E-state index in [9.17, 15) is 4.79 Å². The van der Waals surface area contributed by atoms with E-state index in [-0.39, 0.29) is 11.4 Å². The Balaban J connectivity index is 1.74. The van der Waals surface area contributed by atoms with Crippen molar-refractivity contribution >= 4 is 39.6 Å². The van der Waals surface area contributed by atoms with E-state index in [0.29, 0.717) is 12.4 Å². The van der Waals surface area contributed by atoms with E-state index < -0.39 is 0 Å². The van der Waals surface area contributed by atoms with Crippen LogP contribution in [0, 0.1) is 0 Å². The summed E-state index contributed by atoms with van der Waals surface area (Å²) in [7, 11) is 4.10. The summed E-state index contributed by atoms with van der Waals surface area (Å²) in [4.78, 5) is 24.0. The number of nitrogens with one attached hydrogen (secondary N) is 1. The molecule has 0 bridgehead atoms. The standard InChI is InChI=1S/C22H27N5O2S/c1-15(28)29-13-22(2,3)19-10-18-20(23-14-24-21(18)30-19)26-25-11-16-6-8-17(9-7-16)12-27(4)5/h6-11,14H,12-13H2,1-5H3,(H,23,24,26)/b25-11+. The Morgan fingerprint density at radius 3 is 2.67 bits per heavy atom. The minimum atomic E-state index is -0.314. The number of rotatable bonds is 8. The van der Waals surface area contributed by atoms with Crippen molar-refractivity contribution in [2.45, 2.75) is 32.7 Å². The summed E-state index contributed by atoms with van der Waals surface area (Å²) in [6, 6.07) is 10.3. The van der Waals surface area contributed by atoms with E-state index in [1.807, 2.05) is 32.0 Å². The highest BCUT2D eigenvalue weighted by atomic mass is 32.1. The molecule has 8 heteroatoms. The Labute approximate surface area is 180 Å². The van der Waals surface area contributed by atoms with Crippen molar-refractivity contribution in [2.24, 2.45) is 5.10 Å². The molecule has 0 unspecified atom stereocenters. The molecule has 7 nitrogen and oxygen atoms in total. The van der Waals surface area contributed by atoms with Crippen LogP contribution in [0.5, 0.6) is 0 Å². The quantitative estimate of drug-likeness (QED) is 0.333. The summed E-state index contributed by atoms with van der Waals surface area (Å²) in [5.41, 5.74) is 4.97. The number of esters is 1. The maximum atomic E-state index is 11.2. The first-order valence-corrected chi connectivity index (χ1v) is 10.5. The van der Waals surface area contributed by atoms with Crippen molar-refractivity contribution in [3.63, 3.8) is 0 Å². The molecular weight excluding hydrogens is 398 g/mol. The van der Waals surface area contributed by atoms with Gasteiger partial charge in [0.15, 0.2) is 5.82 Å². The molecule has 0 aliphatic heterocycles. The van der Waals surface area contributed by atoms with Crippen LogP contribution in [0.1, 0.15) is 36.8 Å². The van der Waals surface area contributed by atoms with Crippen LogP contribution >= 0.6 is 11.3 Å². The third-order valence-corrected chi connectivity index (χ3v) is 5.90. The molecule has 0 aliphatic carbocycles. The van der Waals surface area contributed by atoms with Crippen LogP contribution in [-0.4, -0.2) is 47.8 Å². The highest BCUT2D eigenvalue weighted by Crippen LogP contribution is 2.36. The third-order valence-electron chi connectivity index (χ3n) is 4.50. The summed E-state index contributed by atoms with van der Waals surface area (Å²) in [5, 5.41) is 5.24. The maximum Gasteiger partial charge on any atom is 0.302 e. The second kappa shape index (κ2) is 9.32. The lowest BCUT2D eigenvalue weighted by molar-refractivity contribution is -0.142. The average molecular weight is 426 g/mol. The van der Waals surface area contributed by atoms with Crippen LogP contribution in [0.3, 0.4) is 0 Å². The van der Waals surface area contributed by atoms with Gasteiger partial charge in [-0.25, -0.2) is 9.97 Å². The van der Waals surface area contributed by atoms with Gasteiger partial charge in [-0.15, -0.1) is 11.3 Å². The Hall–Kier alpha value is -2.84. The van der Waals surface area contributed by atoms with E-state index in [1.165, 1.54) is 18.8 Å². The molecule has 0 aliphatic rings. The molecule has 0 radical (unpaired) electrons. The summed E-state index contributed by atoms with van der Waals surface area (Å²) >= 11 is 1.57. The van der Waals surface area contributed by atoms with E-state index in [2.05, 4.69) is 51.6 Å². The van der Waals surface area contributed by atoms with Crippen LogP contribution in [-0.2, 0) is 21.5 Å². The molecule has 158 valence electrons. The molecule has 3 aromatic rings. The normalized spacial score (nSPS) is 12.1. The highest BCUT2D eigenvalue weighted by molar-refractivity contribution is 7.18. The zero-order valence-electron chi connectivity index (χ0n) is 18.0. The number of nitrogens with zero attached hydrogens (tertiary/aromatic N) is 4. The molecule has 1 N–H and O–H groups in total. The number of hydrazone groups is 1. The van der Waals surface area contributed by atoms with Gasteiger partial charge in [0, 0.05) is 23.8 Å².